The van der Waals surface area contributed by atoms with Crippen LogP contribution in [0.5, 0.6) is 0 Å². The van der Waals surface area contributed by atoms with Crippen molar-refractivity contribution in [2.45, 2.75) is 13.0 Å². The van der Waals surface area contributed by atoms with E-state index in [-0.39, 0.29) is 10.8 Å². The van der Waals surface area contributed by atoms with Gasteiger partial charge < -0.3 is 10.6 Å². The van der Waals surface area contributed by atoms with Gasteiger partial charge in [-0.15, -0.1) is 11.3 Å². The zero-order chi connectivity index (χ0) is 14.5. The molecule has 1 aromatic heterocycles. The number of hydrogen-bond acceptors (Lipinski definition) is 3. The fraction of sp³-hybridized carbons (Fsp3) is 0.267. The molecule has 1 heterocycles. The second kappa shape index (κ2) is 6.92. The van der Waals surface area contributed by atoms with Crippen molar-refractivity contribution in [3.63, 3.8) is 0 Å². The van der Waals surface area contributed by atoms with Gasteiger partial charge in [-0.1, -0.05) is 18.3 Å². The maximum atomic E-state index is 13.5. The molecule has 0 aliphatic carbocycles. The molecule has 0 bridgehead atoms. The van der Waals surface area contributed by atoms with E-state index in [1.165, 1.54) is 17.0 Å². The lowest BCUT2D eigenvalue weighted by Gasteiger charge is -2.16. The number of halogens is 1. The summed E-state index contributed by atoms with van der Waals surface area (Å²) in [5.74, 6) is -0.294. The SMILES string of the molecule is CN(CCc1cccs1)Cc1cc(F)cc(C(N)=S)c1. The molecule has 1 aromatic carbocycles. The quantitative estimate of drug-likeness (QED) is 0.831. The number of benzene rings is 1. The molecule has 2 N–H and O–H groups in total. The normalized spacial score (nSPS) is 10.9. The van der Waals surface area contributed by atoms with Crippen LogP contribution in [0.25, 0.3) is 0 Å². The molecule has 106 valence electrons. The first kappa shape index (κ1) is 15.1. The Kier molecular flexibility index (Phi) is 5.23. The number of nitrogens with two attached hydrogens (primary N) is 1. The van der Waals surface area contributed by atoms with Gasteiger partial charge in [0.2, 0.25) is 0 Å². The lowest BCUT2D eigenvalue weighted by Crippen LogP contribution is -2.21. The highest BCUT2D eigenvalue weighted by atomic mass is 32.1. The Labute approximate surface area is 128 Å². The number of rotatable bonds is 6. The van der Waals surface area contributed by atoms with E-state index >= 15 is 0 Å². The largest absolute Gasteiger partial charge is 0.389 e. The average molecular weight is 308 g/mol. The maximum absolute atomic E-state index is 13.5. The van der Waals surface area contributed by atoms with Crippen LogP contribution in [0.2, 0.25) is 0 Å². The summed E-state index contributed by atoms with van der Waals surface area (Å²) >= 11 is 6.66. The second-order valence-electron chi connectivity index (χ2n) is 4.78. The van der Waals surface area contributed by atoms with Crippen LogP contribution in [0.1, 0.15) is 16.0 Å². The summed E-state index contributed by atoms with van der Waals surface area (Å²) in [6.07, 6.45) is 1.01. The monoisotopic (exact) mass is 308 g/mol. The summed E-state index contributed by atoms with van der Waals surface area (Å²) < 4.78 is 13.5. The first-order valence-corrected chi connectivity index (χ1v) is 7.63. The molecule has 2 aromatic rings. The molecule has 0 spiro atoms. The van der Waals surface area contributed by atoms with Crippen LogP contribution in [0.15, 0.2) is 35.7 Å². The average Bonchev–Trinajstić information content (AvgIpc) is 2.88. The van der Waals surface area contributed by atoms with Gasteiger partial charge in [-0.2, -0.15) is 0 Å². The lowest BCUT2D eigenvalue weighted by atomic mass is 10.1. The van der Waals surface area contributed by atoms with Crippen LogP contribution in [0, 0.1) is 5.82 Å². The minimum absolute atomic E-state index is 0.229. The van der Waals surface area contributed by atoms with Gasteiger partial charge in [0, 0.05) is 23.5 Å². The highest BCUT2D eigenvalue weighted by Crippen LogP contribution is 2.13. The molecule has 0 atom stereocenters. The van der Waals surface area contributed by atoms with E-state index in [0.717, 1.165) is 18.5 Å². The molecule has 0 fully saturated rings. The van der Waals surface area contributed by atoms with Gasteiger partial charge in [0.25, 0.3) is 0 Å². The predicted molar refractivity (Wildman–Crippen MR) is 86.6 cm³/mol. The minimum atomic E-state index is -0.294. The molecule has 0 saturated carbocycles. The Morgan fingerprint density at radius 3 is 2.85 bits per heavy atom. The summed E-state index contributed by atoms with van der Waals surface area (Å²) in [5, 5.41) is 2.08. The van der Waals surface area contributed by atoms with Gasteiger partial charge in [-0.3, -0.25) is 0 Å². The van der Waals surface area contributed by atoms with Gasteiger partial charge >= 0.3 is 0 Å². The molecule has 0 radical (unpaired) electrons. The van der Waals surface area contributed by atoms with E-state index < -0.39 is 0 Å². The van der Waals surface area contributed by atoms with E-state index in [0.29, 0.717) is 12.1 Å². The Balaban J connectivity index is 1.96. The molecule has 2 rings (SSSR count). The fourth-order valence-electron chi connectivity index (χ4n) is 2.03. The van der Waals surface area contributed by atoms with Crippen molar-refractivity contribution in [2.24, 2.45) is 5.73 Å². The molecule has 5 heteroatoms. The van der Waals surface area contributed by atoms with Gasteiger partial charge in [0.05, 0.1) is 0 Å². The van der Waals surface area contributed by atoms with Gasteiger partial charge in [-0.25, -0.2) is 4.39 Å². The van der Waals surface area contributed by atoms with E-state index in [2.05, 4.69) is 22.4 Å². The number of thiocarbonyl (C=S) groups is 1. The Morgan fingerprint density at radius 2 is 2.20 bits per heavy atom. The van der Waals surface area contributed by atoms with E-state index in [9.17, 15) is 4.39 Å². The third-order valence-electron chi connectivity index (χ3n) is 3.01. The molecule has 0 aliphatic heterocycles. The fourth-order valence-corrected chi connectivity index (χ4v) is 2.85. The van der Waals surface area contributed by atoms with Crippen molar-refractivity contribution in [1.82, 2.24) is 4.90 Å². The highest BCUT2D eigenvalue weighted by Gasteiger charge is 2.06. The molecular weight excluding hydrogens is 291 g/mol. The van der Waals surface area contributed by atoms with Crippen LogP contribution in [-0.2, 0) is 13.0 Å². The Morgan fingerprint density at radius 1 is 1.40 bits per heavy atom. The minimum Gasteiger partial charge on any atom is -0.389 e. The van der Waals surface area contributed by atoms with Crippen LogP contribution in [0.4, 0.5) is 4.39 Å². The number of likely N-dealkylation sites (N-methyl/N-ethyl adjacent to an activating group) is 1. The molecule has 20 heavy (non-hydrogen) atoms. The van der Waals surface area contributed by atoms with Crippen molar-refractivity contribution in [2.75, 3.05) is 13.6 Å². The van der Waals surface area contributed by atoms with Crippen LogP contribution >= 0.6 is 23.6 Å². The van der Waals surface area contributed by atoms with Crippen molar-refractivity contribution in [1.29, 1.82) is 0 Å². The molecule has 0 amide bonds. The van der Waals surface area contributed by atoms with Crippen LogP contribution < -0.4 is 5.73 Å². The smallest absolute Gasteiger partial charge is 0.124 e. The molecule has 2 nitrogen and oxygen atoms in total. The van der Waals surface area contributed by atoms with E-state index in [1.807, 2.05) is 13.1 Å². The van der Waals surface area contributed by atoms with Crippen LogP contribution in [0.3, 0.4) is 0 Å². The first-order valence-electron chi connectivity index (χ1n) is 6.35. The molecule has 0 aliphatic rings. The summed E-state index contributed by atoms with van der Waals surface area (Å²) in [6.45, 7) is 1.61. The van der Waals surface area contributed by atoms with Gasteiger partial charge in [0.1, 0.15) is 10.8 Å². The third kappa shape index (κ3) is 4.37. The van der Waals surface area contributed by atoms with Crippen LogP contribution in [-0.4, -0.2) is 23.5 Å². The topological polar surface area (TPSA) is 29.3 Å². The number of thiophene rings is 1. The predicted octanol–water partition coefficient (Wildman–Crippen LogP) is 3.20. The van der Waals surface area contributed by atoms with Crippen molar-refractivity contribution in [3.8, 4) is 0 Å². The molecule has 0 saturated heterocycles. The van der Waals surface area contributed by atoms with Gasteiger partial charge in [0.15, 0.2) is 0 Å². The van der Waals surface area contributed by atoms with Gasteiger partial charge in [-0.05, 0) is 48.7 Å². The highest BCUT2D eigenvalue weighted by molar-refractivity contribution is 7.80. The third-order valence-corrected chi connectivity index (χ3v) is 4.19. The number of hydrogen-bond donors (Lipinski definition) is 1. The Bertz CT molecular complexity index is 582. The first-order chi connectivity index (χ1) is 9.54. The lowest BCUT2D eigenvalue weighted by molar-refractivity contribution is 0.331. The zero-order valence-corrected chi connectivity index (χ0v) is 12.9. The Hall–Kier alpha value is -1.30. The zero-order valence-electron chi connectivity index (χ0n) is 11.3. The van der Waals surface area contributed by atoms with Crippen molar-refractivity contribution < 1.29 is 4.39 Å². The van der Waals surface area contributed by atoms with Crippen molar-refractivity contribution >= 4 is 28.5 Å². The van der Waals surface area contributed by atoms with Crippen molar-refractivity contribution in [3.05, 3.63) is 57.5 Å². The second-order valence-corrected chi connectivity index (χ2v) is 6.25. The number of nitrogens with zero attached hydrogens (tertiary/aromatic N) is 1. The van der Waals surface area contributed by atoms with E-state index in [4.69, 9.17) is 18.0 Å². The summed E-state index contributed by atoms with van der Waals surface area (Å²) in [7, 11) is 2.03. The summed E-state index contributed by atoms with van der Waals surface area (Å²) in [6, 6.07) is 8.95. The summed E-state index contributed by atoms with van der Waals surface area (Å²) in [5.41, 5.74) is 7.03. The standard InChI is InChI=1S/C15H17FN2S2/c1-18(5-4-14-3-2-6-20-14)10-11-7-12(15(17)19)9-13(16)8-11/h2-3,6-9H,4-5,10H2,1H3,(H2,17,19). The molecule has 0 unspecified atom stereocenters. The summed E-state index contributed by atoms with van der Waals surface area (Å²) in [4.78, 5) is 3.75. The molecular formula is C15H17FN2S2. The maximum Gasteiger partial charge on any atom is 0.124 e. The van der Waals surface area contributed by atoms with E-state index in [1.54, 1.807) is 11.3 Å².